The van der Waals surface area contributed by atoms with E-state index in [1.54, 1.807) is 52.4 Å². The van der Waals surface area contributed by atoms with Gasteiger partial charge in [-0.2, -0.15) is 13.2 Å². The molecule has 1 aliphatic heterocycles. The lowest BCUT2D eigenvalue weighted by Crippen LogP contribution is -2.70. The number of rotatable bonds is 10. The molecule has 1 fully saturated rings. The Balaban J connectivity index is 0.000000912. The molecule has 1 saturated heterocycles. The van der Waals surface area contributed by atoms with Crippen LogP contribution in [0.5, 0.6) is 0 Å². The lowest BCUT2D eigenvalue weighted by atomic mass is 9.98. The number of ether oxygens (including phenoxy) is 2. The molecule has 0 unspecified atom stereocenters. The molecule has 4 heterocycles. The third-order valence-electron chi connectivity index (χ3n) is 6.60. The zero-order valence-electron chi connectivity index (χ0n) is 31.0. The fourth-order valence-corrected chi connectivity index (χ4v) is 4.68. The Morgan fingerprint density at radius 1 is 1.05 bits per heavy atom. The van der Waals surface area contributed by atoms with Gasteiger partial charge in [-0.1, -0.05) is 10.4 Å². The maximum atomic E-state index is 13.6. The first-order valence-corrected chi connectivity index (χ1v) is 18.3. The SMILES string of the molecule is C[n+]1ccc(-c2cn(C[C@H]3NC(=O)[C@H]3NC(=O)/C(=N/OC(C)(C)C(=O)OC(C)(C)C)c3csc(NC(=O)OC(C)(C)C)n3)nn2)cc1.O=S(=O)([O-])C(F)(F)F. The van der Waals surface area contributed by atoms with Crippen molar-refractivity contribution in [3.63, 3.8) is 0 Å². The second-order valence-electron chi connectivity index (χ2n) is 14.3. The van der Waals surface area contributed by atoms with Crippen molar-refractivity contribution in [2.45, 2.75) is 96.3 Å². The van der Waals surface area contributed by atoms with Crippen LogP contribution in [-0.2, 0) is 52.4 Å². The van der Waals surface area contributed by atoms with Crippen LogP contribution in [-0.4, -0.2) is 96.9 Å². The van der Waals surface area contributed by atoms with Gasteiger partial charge in [0.2, 0.25) is 11.5 Å². The minimum absolute atomic E-state index is 0.0204. The van der Waals surface area contributed by atoms with Crippen molar-refractivity contribution in [1.82, 2.24) is 30.6 Å². The number of esters is 1. The molecular weight excluding hydrogens is 780 g/mol. The molecular formula is C31H40F3N9O10S2. The number of nitrogens with zero attached hydrogens (tertiary/aromatic N) is 6. The van der Waals surface area contributed by atoms with Gasteiger partial charge in [0.25, 0.3) is 5.91 Å². The van der Waals surface area contributed by atoms with Gasteiger partial charge in [0.1, 0.15) is 35.7 Å². The summed E-state index contributed by atoms with van der Waals surface area (Å²) in [5.41, 5.74) is -7.58. The summed E-state index contributed by atoms with van der Waals surface area (Å²) in [5.74, 6) is -1.94. The summed E-state index contributed by atoms with van der Waals surface area (Å²) < 4.78 is 73.1. The van der Waals surface area contributed by atoms with Crippen molar-refractivity contribution < 1.29 is 64.2 Å². The number of aryl methyl sites for hydroxylation is 1. The van der Waals surface area contributed by atoms with Crippen LogP contribution >= 0.6 is 11.3 Å². The maximum Gasteiger partial charge on any atom is 0.485 e. The lowest BCUT2D eigenvalue weighted by Gasteiger charge is -2.36. The molecule has 0 aromatic carbocycles. The fraction of sp³-hybridized carbons (Fsp3) is 0.516. The number of hydrogen-bond acceptors (Lipinski definition) is 15. The van der Waals surface area contributed by atoms with Crippen molar-refractivity contribution in [3.05, 3.63) is 41.8 Å². The summed E-state index contributed by atoms with van der Waals surface area (Å²) in [5, 5.41) is 21.9. The lowest BCUT2D eigenvalue weighted by molar-refractivity contribution is -0.671. The van der Waals surface area contributed by atoms with Crippen molar-refractivity contribution in [1.29, 1.82) is 0 Å². The zero-order valence-corrected chi connectivity index (χ0v) is 32.7. The maximum absolute atomic E-state index is 13.6. The van der Waals surface area contributed by atoms with E-state index in [2.05, 4.69) is 36.4 Å². The topological polar surface area (TPSA) is 249 Å². The fourth-order valence-electron chi connectivity index (χ4n) is 4.00. The number of hydrogen-bond donors (Lipinski definition) is 3. The van der Waals surface area contributed by atoms with Gasteiger partial charge in [-0.3, -0.25) is 14.9 Å². The number of aromatic nitrogens is 5. The monoisotopic (exact) mass is 819 g/mol. The summed E-state index contributed by atoms with van der Waals surface area (Å²) in [7, 11) is -4.18. The summed E-state index contributed by atoms with van der Waals surface area (Å²) >= 11 is 1.01. The number of oxime groups is 1. The molecule has 0 radical (unpaired) electrons. The van der Waals surface area contributed by atoms with E-state index in [0.717, 1.165) is 16.9 Å². The molecule has 0 saturated carbocycles. The normalized spacial score (nSPS) is 16.5. The molecule has 0 aliphatic carbocycles. The molecule has 302 valence electrons. The molecule has 0 bridgehead atoms. The van der Waals surface area contributed by atoms with Crippen molar-refractivity contribution in [3.8, 4) is 11.3 Å². The minimum atomic E-state index is -6.09. The minimum Gasteiger partial charge on any atom is -0.741 e. The molecule has 1 aliphatic rings. The van der Waals surface area contributed by atoms with Gasteiger partial charge < -0.3 is 29.5 Å². The van der Waals surface area contributed by atoms with E-state index in [0.29, 0.717) is 5.69 Å². The van der Waals surface area contributed by atoms with Crippen LogP contribution in [0, 0.1) is 0 Å². The quantitative estimate of drug-likeness (QED) is 0.0505. The van der Waals surface area contributed by atoms with Crippen molar-refractivity contribution >= 4 is 56.2 Å². The van der Waals surface area contributed by atoms with Gasteiger partial charge in [0.05, 0.1) is 18.8 Å². The number of halogens is 3. The predicted octanol–water partition coefficient (Wildman–Crippen LogP) is 2.15. The Labute approximate surface area is 317 Å². The third kappa shape index (κ3) is 13.2. The third-order valence-corrected chi connectivity index (χ3v) is 7.93. The summed E-state index contributed by atoms with van der Waals surface area (Å²) in [6, 6.07) is 2.34. The standard InChI is InChI=1S/C30H39N9O7S.CHF3O3S/c1-28(2,3)44-25(42)30(7,8)46-36-22(20-16-47-26(32-20)34-27(43)45-29(4,5)6)24(41)33-21-19(31-23(21)40)15-39-14-18(35-37-39)17-10-12-38(9)13-11-17;2-1(3,4)8(5,6)7/h10-14,16,19,21H,15H2,1-9H3,(H2-,31,32,33,34,40,41,43);(H,5,6,7)/b36-22+;/t19-,21+;/m1./s1. The highest BCUT2D eigenvalue weighted by atomic mass is 32.2. The number of amides is 3. The number of carbonyl (C=O) groups excluding carboxylic acids is 4. The number of pyridine rings is 1. The van der Waals surface area contributed by atoms with Crippen molar-refractivity contribution in [2.75, 3.05) is 5.32 Å². The second kappa shape index (κ2) is 16.6. The van der Waals surface area contributed by atoms with Gasteiger partial charge in [-0.15, -0.1) is 16.4 Å². The van der Waals surface area contributed by atoms with Gasteiger partial charge in [0, 0.05) is 23.1 Å². The second-order valence-corrected chi connectivity index (χ2v) is 16.5. The largest absolute Gasteiger partial charge is 0.741 e. The van der Waals surface area contributed by atoms with E-state index in [-0.39, 0.29) is 23.1 Å². The van der Waals surface area contributed by atoms with E-state index >= 15 is 0 Å². The Morgan fingerprint density at radius 3 is 2.16 bits per heavy atom. The highest BCUT2D eigenvalue weighted by Crippen LogP contribution is 2.23. The average molecular weight is 820 g/mol. The smallest absolute Gasteiger partial charge is 0.485 e. The van der Waals surface area contributed by atoms with Crippen LogP contribution in [0.3, 0.4) is 0 Å². The molecule has 3 N–H and O–H groups in total. The Kier molecular flexibility index (Phi) is 13.4. The Morgan fingerprint density at radius 2 is 1.64 bits per heavy atom. The predicted molar refractivity (Wildman–Crippen MR) is 186 cm³/mol. The molecule has 2 atom stereocenters. The molecule has 19 nitrogen and oxygen atoms in total. The molecule has 24 heteroatoms. The van der Waals surface area contributed by atoms with Crippen LogP contribution in [0.15, 0.2) is 41.3 Å². The van der Waals surface area contributed by atoms with Crippen LogP contribution in [0.25, 0.3) is 11.3 Å². The van der Waals surface area contributed by atoms with Crippen LogP contribution in [0.2, 0.25) is 0 Å². The van der Waals surface area contributed by atoms with E-state index in [1.807, 2.05) is 36.1 Å². The zero-order chi connectivity index (χ0) is 41.7. The van der Waals surface area contributed by atoms with Crippen LogP contribution in [0.1, 0.15) is 61.1 Å². The van der Waals surface area contributed by atoms with Gasteiger partial charge >= 0.3 is 17.6 Å². The molecule has 55 heavy (non-hydrogen) atoms. The number of nitrogens with one attached hydrogen (secondary N) is 3. The Hall–Kier alpha value is -5.23. The van der Waals surface area contributed by atoms with Crippen molar-refractivity contribution in [2.24, 2.45) is 12.2 Å². The van der Waals surface area contributed by atoms with Crippen LogP contribution < -0.4 is 20.5 Å². The van der Waals surface area contributed by atoms with E-state index in [9.17, 15) is 32.3 Å². The molecule has 3 aromatic heterocycles. The number of anilines is 1. The average Bonchev–Trinajstić information content (AvgIpc) is 3.67. The first-order chi connectivity index (χ1) is 25.0. The van der Waals surface area contributed by atoms with E-state index in [1.165, 1.54) is 19.2 Å². The summed E-state index contributed by atoms with van der Waals surface area (Å²) in [6.07, 6.45) is 4.78. The van der Waals surface area contributed by atoms with Gasteiger partial charge in [-0.25, -0.2) is 32.2 Å². The molecule has 0 spiro atoms. The van der Waals surface area contributed by atoms with E-state index < -0.39 is 68.4 Å². The van der Waals surface area contributed by atoms with Gasteiger partial charge in [-0.05, 0) is 55.4 Å². The molecule has 4 rings (SSSR count). The summed E-state index contributed by atoms with van der Waals surface area (Å²) in [6.45, 7) is 13.4. The van der Waals surface area contributed by atoms with E-state index in [4.69, 9.17) is 27.3 Å². The summed E-state index contributed by atoms with van der Waals surface area (Å²) in [4.78, 5) is 61.1. The number of thiazole rings is 1. The highest BCUT2D eigenvalue weighted by molar-refractivity contribution is 7.86. The Bertz CT molecular complexity index is 2020. The first kappa shape index (κ1) is 44.2. The van der Waals surface area contributed by atoms with Crippen LogP contribution in [0.4, 0.5) is 23.1 Å². The highest BCUT2D eigenvalue weighted by Gasteiger charge is 2.42. The van der Waals surface area contributed by atoms with Gasteiger partial charge in [0.15, 0.2) is 33.4 Å². The number of carbonyl (C=O) groups is 4. The number of alkyl halides is 3. The molecule has 3 amide bonds. The number of β-lactam (4-membered cyclic amide) rings is 1. The molecule has 3 aromatic rings. The first-order valence-electron chi connectivity index (χ1n) is 16.0.